The Bertz CT molecular complexity index is 793. The van der Waals surface area contributed by atoms with E-state index in [1.807, 2.05) is 4.90 Å². The third kappa shape index (κ3) is 4.23. The summed E-state index contributed by atoms with van der Waals surface area (Å²) in [6, 6.07) is 6.23. The molecule has 1 amide bonds. The molecule has 0 unspecified atom stereocenters. The fourth-order valence-corrected chi connectivity index (χ4v) is 2.65. The maximum atomic E-state index is 12.9. The Morgan fingerprint density at radius 3 is 2.50 bits per heavy atom. The molecule has 0 radical (unpaired) electrons. The molecule has 0 atom stereocenters. The van der Waals surface area contributed by atoms with E-state index in [4.69, 9.17) is 16.3 Å². The van der Waals surface area contributed by atoms with Crippen LogP contribution in [0.3, 0.4) is 0 Å². The van der Waals surface area contributed by atoms with Gasteiger partial charge < -0.3 is 15.0 Å². The van der Waals surface area contributed by atoms with Crippen LogP contribution < -0.4 is 10.2 Å². The number of carbonyl (C=O) groups excluding carboxylic acids is 1. The summed E-state index contributed by atoms with van der Waals surface area (Å²) < 4.78 is 43.9. The lowest BCUT2D eigenvalue weighted by Gasteiger charge is -2.27. The zero-order valence-electron chi connectivity index (χ0n) is 13.4. The summed E-state index contributed by atoms with van der Waals surface area (Å²) in [5.41, 5.74) is -1.07. The van der Waals surface area contributed by atoms with Crippen LogP contribution in [0.2, 0.25) is 5.02 Å². The normalized spacial score (nSPS) is 15.0. The molecule has 26 heavy (non-hydrogen) atoms. The van der Waals surface area contributed by atoms with Gasteiger partial charge in [0.15, 0.2) is 11.5 Å². The Morgan fingerprint density at radius 1 is 1.15 bits per heavy atom. The first-order valence-electron chi connectivity index (χ1n) is 7.69. The van der Waals surface area contributed by atoms with Crippen LogP contribution in [0.25, 0.3) is 0 Å². The summed E-state index contributed by atoms with van der Waals surface area (Å²) in [6.45, 7) is 2.51. The molecule has 0 saturated carbocycles. The van der Waals surface area contributed by atoms with Crippen molar-refractivity contribution < 1.29 is 22.7 Å². The molecule has 1 aliphatic rings. The van der Waals surface area contributed by atoms with Gasteiger partial charge in [0.25, 0.3) is 5.91 Å². The molecule has 0 spiro atoms. The second-order valence-corrected chi connectivity index (χ2v) is 5.93. The molecule has 1 aliphatic heterocycles. The maximum absolute atomic E-state index is 12.9. The predicted octanol–water partition coefficient (Wildman–Crippen LogP) is 3.24. The highest BCUT2D eigenvalue weighted by Gasteiger charge is 2.33. The van der Waals surface area contributed by atoms with E-state index in [0.717, 1.165) is 12.1 Å². The molecule has 1 N–H and O–H groups in total. The summed E-state index contributed by atoms with van der Waals surface area (Å²) in [4.78, 5) is 14.2. The van der Waals surface area contributed by atoms with Crippen LogP contribution in [-0.4, -0.2) is 42.4 Å². The number of morpholine rings is 1. The molecule has 1 fully saturated rings. The highest BCUT2D eigenvalue weighted by atomic mass is 35.5. The smallest absolute Gasteiger partial charge is 0.378 e. The van der Waals surface area contributed by atoms with Crippen molar-refractivity contribution in [2.24, 2.45) is 0 Å². The number of nitrogens with zero attached hydrogens (tertiary/aromatic N) is 3. The molecule has 10 heteroatoms. The van der Waals surface area contributed by atoms with Crippen LogP contribution in [0.1, 0.15) is 16.1 Å². The summed E-state index contributed by atoms with van der Waals surface area (Å²) in [5, 5.41) is 9.76. The molecule has 2 heterocycles. The van der Waals surface area contributed by atoms with Gasteiger partial charge in [0, 0.05) is 18.8 Å². The Labute approximate surface area is 151 Å². The Hall–Kier alpha value is -2.39. The van der Waals surface area contributed by atoms with Gasteiger partial charge in [-0.3, -0.25) is 4.79 Å². The molecule has 6 nitrogen and oxygen atoms in total. The second-order valence-electron chi connectivity index (χ2n) is 5.52. The number of benzene rings is 1. The quantitative estimate of drug-likeness (QED) is 0.877. The molecule has 1 aromatic carbocycles. The van der Waals surface area contributed by atoms with Crippen molar-refractivity contribution in [2.45, 2.75) is 6.18 Å². The van der Waals surface area contributed by atoms with Crippen molar-refractivity contribution >= 4 is 29.0 Å². The molecule has 1 aromatic heterocycles. The van der Waals surface area contributed by atoms with Gasteiger partial charge in [-0.2, -0.15) is 13.2 Å². The van der Waals surface area contributed by atoms with Gasteiger partial charge in [0.1, 0.15) is 0 Å². The standard InChI is InChI=1S/C16H14ClF3N4O2/c17-12-2-1-10(9-11(12)16(18,19)20)21-15(25)13-3-4-14(23-22-13)24-5-7-26-8-6-24/h1-4,9H,5-8H2,(H,21,25). The summed E-state index contributed by atoms with van der Waals surface area (Å²) in [7, 11) is 0. The largest absolute Gasteiger partial charge is 0.417 e. The first-order valence-corrected chi connectivity index (χ1v) is 8.07. The summed E-state index contributed by atoms with van der Waals surface area (Å²) in [6.07, 6.45) is -4.61. The average Bonchev–Trinajstić information content (AvgIpc) is 2.63. The van der Waals surface area contributed by atoms with Gasteiger partial charge >= 0.3 is 6.18 Å². The predicted molar refractivity (Wildman–Crippen MR) is 89.5 cm³/mol. The highest BCUT2D eigenvalue weighted by molar-refractivity contribution is 6.31. The van der Waals surface area contributed by atoms with E-state index in [1.165, 1.54) is 12.1 Å². The zero-order chi connectivity index (χ0) is 18.7. The Morgan fingerprint density at radius 2 is 1.88 bits per heavy atom. The molecule has 2 aromatic rings. The number of aromatic nitrogens is 2. The van der Waals surface area contributed by atoms with E-state index < -0.39 is 22.7 Å². The molecule has 0 aliphatic carbocycles. The third-order valence-electron chi connectivity index (χ3n) is 3.75. The first kappa shape index (κ1) is 18.4. The minimum atomic E-state index is -4.61. The number of ether oxygens (including phenoxy) is 1. The number of nitrogens with one attached hydrogen (secondary N) is 1. The van der Waals surface area contributed by atoms with E-state index >= 15 is 0 Å². The van der Waals surface area contributed by atoms with Gasteiger partial charge in [-0.25, -0.2) is 0 Å². The lowest BCUT2D eigenvalue weighted by Crippen LogP contribution is -2.37. The summed E-state index contributed by atoms with van der Waals surface area (Å²) >= 11 is 5.56. The highest BCUT2D eigenvalue weighted by Crippen LogP contribution is 2.36. The lowest BCUT2D eigenvalue weighted by atomic mass is 10.2. The number of alkyl halides is 3. The number of amides is 1. The van der Waals surface area contributed by atoms with Crippen LogP contribution >= 0.6 is 11.6 Å². The van der Waals surface area contributed by atoms with Gasteiger partial charge in [-0.05, 0) is 30.3 Å². The Kier molecular flexibility index (Phi) is 5.28. The molecular formula is C16H14ClF3N4O2. The number of rotatable bonds is 3. The van der Waals surface area contributed by atoms with Crippen LogP contribution in [0.15, 0.2) is 30.3 Å². The third-order valence-corrected chi connectivity index (χ3v) is 4.08. The lowest BCUT2D eigenvalue weighted by molar-refractivity contribution is -0.137. The fraction of sp³-hybridized carbons (Fsp3) is 0.312. The van der Waals surface area contributed by atoms with E-state index in [2.05, 4.69) is 15.5 Å². The molecule has 1 saturated heterocycles. The number of halogens is 4. The van der Waals surface area contributed by atoms with E-state index in [-0.39, 0.29) is 11.4 Å². The minimum absolute atomic E-state index is 0.00878. The van der Waals surface area contributed by atoms with Crippen LogP contribution in [-0.2, 0) is 10.9 Å². The van der Waals surface area contributed by atoms with E-state index in [0.29, 0.717) is 32.1 Å². The van der Waals surface area contributed by atoms with E-state index in [1.54, 1.807) is 6.07 Å². The first-order chi connectivity index (χ1) is 12.3. The molecular weight excluding hydrogens is 373 g/mol. The van der Waals surface area contributed by atoms with Crippen molar-refractivity contribution in [3.63, 3.8) is 0 Å². The van der Waals surface area contributed by atoms with Gasteiger partial charge in [-0.15, -0.1) is 10.2 Å². The molecule has 3 rings (SSSR count). The van der Waals surface area contributed by atoms with E-state index in [9.17, 15) is 18.0 Å². The number of hydrogen-bond acceptors (Lipinski definition) is 5. The number of anilines is 2. The van der Waals surface area contributed by atoms with Gasteiger partial charge in [-0.1, -0.05) is 11.6 Å². The molecule has 138 valence electrons. The van der Waals surface area contributed by atoms with Crippen molar-refractivity contribution in [1.82, 2.24) is 10.2 Å². The van der Waals surface area contributed by atoms with Crippen molar-refractivity contribution in [2.75, 3.05) is 36.5 Å². The Balaban J connectivity index is 1.72. The molecule has 0 bridgehead atoms. The average molecular weight is 387 g/mol. The van der Waals surface area contributed by atoms with Crippen LogP contribution in [0, 0.1) is 0 Å². The maximum Gasteiger partial charge on any atom is 0.417 e. The van der Waals surface area contributed by atoms with Crippen LogP contribution in [0.4, 0.5) is 24.7 Å². The second kappa shape index (κ2) is 7.46. The zero-order valence-corrected chi connectivity index (χ0v) is 14.1. The van der Waals surface area contributed by atoms with Crippen LogP contribution in [0.5, 0.6) is 0 Å². The number of hydrogen-bond donors (Lipinski definition) is 1. The van der Waals surface area contributed by atoms with Gasteiger partial charge in [0.05, 0.1) is 23.8 Å². The SMILES string of the molecule is O=C(Nc1ccc(Cl)c(C(F)(F)F)c1)c1ccc(N2CCOCC2)nn1. The topological polar surface area (TPSA) is 67.4 Å². The van der Waals surface area contributed by atoms with Gasteiger partial charge in [0.2, 0.25) is 0 Å². The monoisotopic (exact) mass is 386 g/mol. The minimum Gasteiger partial charge on any atom is -0.378 e. The number of carbonyl (C=O) groups is 1. The van der Waals surface area contributed by atoms with Crippen molar-refractivity contribution in [3.05, 3.63) is 46.6 Å². The summed E-state index contributed by atoms with van der Waals surface area (Å²) in [5.74, 6) is -0.0582. The fourth-order valence-electron chi connectivity index (χ4n) is 2.42. The van der Waals surface area contributed by atoms with Crippen molar-refractivity contribution in [1.29, 1.82) is 0 Å². The van der Waals surface area contributed by atoms with Crippen molar-refractivity contribution in [3.8, 4) is 0 Å².